The molecule has 1 aromatic heterocycles. The molecule has 2 heterocycles. The van der Waals surface area contributed by atoms with Crippen molar-refractivity contribution < 1.29 is 4.79 Å². The number of hydrogen-bond acceptors (Lipinski definition) is 5. The summed E-state index contributed by atoms with van der Waals surface area (Å²) in [4.78, 5) is 16.3. The van der Waals surface area contributed by atoms with E-state index in [0.717, 1.165) is 31.3 Å². The van der Waals surface area contributed by atoms with Gasteiger partial charge in [-0.15, -0.1) is 10.2 Å². The second-order valence-electron chi connectivity index (χ2n) is 5.09. The number of rotatable bonds is 4. The SMILES string of the molecule is CC(C)n1cnnc1SCC(=O)N1CCN(C)CC1. The van der Waals surface area contributed by atoms with Gasteiger partial charge in [0.25, 0.3) is 0 Å². The molecular formula is C12H21N5OS. The monoisotopic (exact) mass is 283 g/mol. The molecule has 0 unspecified atom stereocenters. The Bertz CT molecular complexity index is 426. The maximum atomic E-state index is 12.1. The molecule has 0 radical (unpaired) electrons. The minimum absolute atomic E-state index is 0.191. The van der Waals surface area contributed by atoms with Gasteiger partial charge in [-0.2, -0.15) is 0 Å². The molecule has 106 valence electrons. The zero-order chi connectivity index (χ0) is 13.8. The molecule has 1 saturated heterocycles. The highest BCUT2D eigenvalue weighted by molar-refractivity contribution is 7.99. The first-order chi connectivity index (χ1) is 9.08. The van der Waals surface area contributed by atoms with E-state index in [1.807, 2.05) is 9.47 Å². The third kappa shape index (κ3) is 3.70. The first-order valence-electron chi connectivity index (χ1n) is 6.56. The lowest BCUT2D eigenvalue weighted by Gasteiger charge is -2.32. The van der Waals surface area contributed by atoms with Gasteiger partial charge in [0.05, 0.1) is 5.75 Å². The summed E-state index contributed by atoms with van der Waals surface area (Å²) in [5, 5.41) is 8.78. The van der Waals surface area contributed by atoms with Gasteiger partial charge in [0, 0.05) is 32.2 Å². The van der Waals surface area contributed by atoms with Gasteiger partial charge in [0.2, 0.25) is 5.91 Å². The Morgan fingerprint density at radius 1 is 1.37 bits per heavy atom. The number of hydrogen-bond donors (Lipinski definition) is 0. The third-order valence-corrected chi connectivity index (χ3v) is 4.22. The third-order valence-electron chi connectivity index (χ3n) is 3.28. The largest absolute Gasteiger partial charge is 0.339 e. The molecule has 1 aliphatic heterocycles. The van der Waals surface area contributed by atoms with Crippen LogP contribution in [0.4, 0.5) is 0 Å². The van der Waals surface area contributed by atoms with Gasteiger partial charge in [-0.3, -0.25) is 4.79 Å². The molecule has 1 amide bonds. The number of nitrogens with zero attached hydrogens (tertiary/aromatic N) is 5. The Labute approximate surface area is 118 Å². The fourth-order valence-corrected chi connectivity index (χ4v) is 2.91. The lowest BCUT2D eigenvalue weighted by Crippen LogP contribution is -2.47. The lowest BCUT2D eigenvalue weighted by molar-refractivity contribution is -0.129. The molecule has 0 saturated carbocycles. The van der Waals surface area contributed by atoms with Gasteiger partial charge in [0.1, 0.15) is 6.33 Å². The second kappa shape index (κ2) is 6.38. The summed E-state index contributed by atoms with van der Waals surface area (Å²) in [6, 6.07) is 0.316. The Kier molecular flexibility index (Phi) is 4.81. The van der Waals surface area contributed by atoms with E-state index in [4.69, 9.17) is 0 Å². The molecule has 2 rings (SSSR count). The number of carbonyl (C=O) groups is 1. The van der Waals surface area contributed by atoms with E-state index in [2.05, 4.69) is 36.0 Å². The molecule has 19 heavy (non-hydrogen) atoms. The highest BCUT2D eigenvalue weighted by Crippen LogP contribution is 2.19. The van der Waals surface area contributed by atoms with Crippen LogP contribution in [0.1, 0.15) is 19.9 Å². The number of likely N-dealkylation sites (N-methyl/N-ethyl adjacent to an activating group) is 1. The van der Waals surface area contributed by atoms with Gasteiger partial charge in [-0.05, 0) is 20.9 Å². The second-order valence-corrected chi connectivity index (χ2v) is 6.03. The molecule has 0 atom stereocenters. The fraction of sp³-hybridized carbons (Fsp3) is 0.750. The van der Waals surface area contributed by atoms with Crippen LogP contribution >= 0.6 is 11.8 Å². The average Bonchev–Trinajstić information content (AvgIpc) is 2.85. The van der Waals surface area contributed by atoms with Crippen LogP contribution in [-0.2, 0) is 4.79 Å². The fourth-order valence-electron chi connectivity index (χ4n) is 1.96. The van der Waals surface area contributed by atoms with Crippen molar-refractivity contribution in [3.63, 3.8) is 0 Å². The van der Waals surface area contributed by atoms with Crippen molar-refractivity contribution in [3.05, 3.63) is 6.33 Å². The van der Waals surface area contributed by atoms with Gasteiger partial charge in [0.15, 0.2) is 5.16 Å². The van der Waals surface area contributed by atoms with Crippen LogP contribution in [0.25, 0.3) is 0 Å². The smallest absolute Gasteiger partial charge is 0.233 e. The number of aromatic nitrogens is 3. The Hall–Kier alpha value is -1.08. The van der Waals surface area contributed by atoms with Crippen LogP contribution in [-0.4, -0.2) is 69.5 Å². The van der Waals surface area contributed by atoms with Gasteiger partial charge < -0.3 is 14.4 Å². The number of amides is 1. The van der Waals surface area contributed by atoms with Crippen LogP contribution in [0.15, 0.2) is 11.5 Å². The van der Waals surface area contributed by atoms with Gasteiger partial charge >= 0.3 is 0 Å². The molecule has 0 N–H and O–H groups in total. The standard InChI is InChI=1S/C12H21N5OS/c1-10(2)17-9-13-14-12(17)19-8-11(18)16-6-4-15(3)5-7-16/h9-10H,4-8H2,1-3H3. The van der Waals surface area contributed by atoms with Crippen LogP contribution in [0.5, 0.6) is 0 Å². The summed E-state index contributed by atoms with van der Waals surface area (Å²) >= 11 is 1.47. The van der Waals surface area contributed by atoms with Crippen LogP contribution in [0, 0.1) is 0 Å². The van der Waals surface area contributed by atoms with Crippen molar-refractivity contribution in [2.24, 2.45) is 0 Å². The molecule has 6 nitrogen and oxygen atoms in total. The molecule has 7 heteroatoms. The van der Waals surface area contributed by atoms with Crippen molar-refractivity contribution >= 4 is 17.7 Å². The summed E-state index contributed by atoms with van der Waals surface area (Å²) in [6.45, 7) is 7.72. The molecule has 1 aliphatic rings. The predicted octanol–water partition coefficient (Wildman–Crippen LogP) is 0.725. The van der Waals surface area contributed by atoms with Crippen molar-refractivity contribution in [2.45, 2.75) is 25.0 Å². The summed E-state index contributed by atoms with van der Waals surface area (Å²) < 4.78 is 1.99. The van der Waals surface area contributed by atoms with Crippen LogP contribution in [0.3, 0.4) is 0 Å². The van der Waals surface area contributed by atoms with Crippen molar-refractivity contribution in [3.8, 4) is 0 Å². The van der Waals surface area contributed by atoms with E-state index in [0.29, 0.717) is 11.8 Å². The minimum atomic E-state index is 0.191. The van der Waals surface area contributed by atoms with Crippen LogP contribution in [0.2, 0.25) is 0 Å². The first-order valence-corrected chi connectivity index (χ1v) is 7.55. The van der Waals surface area contributed by atoms with Crippen LogP contribution < -0.4 is 0 Å². The lowest BCUT2D eigenvalue weighted by atomic mass is 10.3. The number of carbonyl (C=O) groups excluding carboxylic acids is 1. The van der Waals surface area contributed by atoms with E-state index in [1.165, 1.54) is 11.8 Å². The molecule has 0 aliphatic carbocycles. The summed E-state index contributed by atoms with van der Waals surface area (Å²) in [7, 11) is 2.08. The van der Waals surface area contributed by atoms with Crippen molar-refractivity contribution in [1.29, 1.82) is 0 Å². The maximum Gasteiger partial charge on any atom is 0.233 e. The molecule has 0 spiro atoms. The Morgan fingerprint density at radius 3 is 2.68 bits per heavy atom. The summed E-state index contributed by atoms with van der Waals surface area (Å²) in [5.41, 5.74) is 0. The van der Waals surface area contributed by atoms with Gasteiger partial charge in [-0.1, -0.05) is 11.8 Å². The molecule has 0 bridgehead atoms. The average molecular weight is 283 g/mol. The topological polar surface area (TPSA) is 54.3 Å². The molecule has 1 fully saturated rings. The quantitative estimate of drug-likeness (QED) is 0.762. The first kappa shape index (κ1) is 14.3. The number of piperazine rings is 1. The van der Waals surface area contributed by atoms with Crippen molar-refractivity contribution in [1.82, 2.24) is 24.6 Å². The Morgan fingerprint density at radius 2 is 2.05 bits per heavy atom. The predicted molar refractivity (Wildman–Crippen MR) is 75.2 cm³/mol. The normalized spacial score (nSPS) is 17.2. The summed E-state index contributed by atoms with van der Waals surface area (Å²) in [5.74, 6) is 0.631. The minimum Gasteiger partial charge on any atom is -0.339 e. The highest BCUT2D eigenvalue weighted by atomic mass is 32.2. The van der Waals surface area contributed by atoms with E-state index >= 15 is 0 Å². The molecule has 1 aromatic rings. The summed E-state index contributed by atoms with van der Waals surface area (Å²) in [6.07, 6.45) is 1.72. The zero-order valence-electron chi connectivity index (χ0n) is 11.7. The highest BCUT2D eigenvalue weighted by Gasteiger charge is 2.20. The van der Waals surface area contributed by atoms with E-state index in [-0.39, 0.29) is 5.91 Å². The van der Waals surface area contributed by atoms with Crippen molar-refractivity contribution in [2.75, 3.05) is 39.0 Å². The van der Waals surface area contributed by atoms with E-state index < -0.39 is 0 Å². The Balaban J connectivity index is 1.85. The zero-order valence-corrected chi connectivity index (χ0v) is 12.6. The molecular weight excluding hydrogens is 262 g/mol. The van der Waals surface area contributed by atoms with E-state index in [1.54, 1.807) is 6.33 Å². The molecule has 0 aromatic carbocycles. The van der Waals surface area contributed by atoms with E-state index in [9.17, 15) is 4.79 Å². The maximum absolute atomic E-state index is 12.1. The number of thioether (sulfide) groups is 1. The van der Waals surface area contributed by atoms with Gasteiger partial charge in [-0.25, -0.2) is 0 Å².